The van der Waals surface area contributed by atoms with Crippen molar-refractivity contribution in [3.63, 3.8) is 0 Å². The first-order chi connectivity index (χ1) is 5.34. The van der Waals surface area contributed by atoms with E-state index in [1.165, 1.54) is 0 Å². The fourth-order valence-corrected chi connectivity index (χ4v) is 2.26. The standard InChI is InChI=1S/C7H15NO2S/c9-2-1-3-11-7-5-8-4-6(7)10/h6-10H,1-5H2. The van der Waals surface area contributed by atoms with E-state index in [4.69, 9.17) is 5.11 Å². The molecule has 3 N–H and O–H groups in total. The van der Waals surface area contributed by atoms with Gasteiger partial charge in [-0.1, -0.05) is 0 Å². The van der Waals surface area contributed by atoms with Crippen LogP contribution in [-0.2, 0) is 0 Å². The third-order valence-corrected chi connectivity index (χ3v) is 3.20. The first-order valence-corrected chi connectivity index (χ1v) is 5.00. The van der Waals surface area contributed by atoms with Crippen LogP contribution in [0.3, 0.4) is 0 Å². The van der Waals surface area contributed by atoms with Crippen LogP contribution < -0.4 is 5.32 Å². The molecule has 1 fully saturated rings. The molecule has 1 rings (SSSR count). The molecule has 66 valence electrons. The van der Waals surface area contributed by atoms with Crippen molar-refractivity contribution in [3.8, 4) is 0 Å². The summed E-state index contributed by atoms with van der Waals surface area (Å²) in [5.74, 6) is 0.944. The molecule has 0 aromatic rings. The zero-order valence-corrected chi connectivity index (χ0v) is 7.31. The van der Waals surface area contributed by atoms with Crippen LogP contribution in [0, 0.1) is 0 Å². The summed E-state index contributed by atoms with van der Waals surface area (Å²) in [6, 6.07) is 0. The Morgan fingerprint density at radius 1 is 1.45 bits per heavy atom. The Morgan fingerprint density at radius 3 is 2.82 bits per heavy atom. The van der Waals surface area contributed by atoms with Gasteiger partial charge in [0.05, 0.1) is 6.10 Å². The molecule has 11 heavy (non-hydrogen) atoms. The molecule has 2 atom stereocenters. The molecule has 0 bridgehead atoms. The van der Waals surface area contributed by atoms with Crippen molar-refractivity contribution >= 4 is 11.8 Å². The van der Waals surface area contributed by atoms with Crippen LogP contribution in [0.2, 0.25) is 0 Å². The van der Waals surface area contributed by atoms with Crippen molar-refractivity contribution < 1.29 is 10.2 Å². The van der Waals surface area contributed by atoms with Crippen molar-refractivity contribution in [1.29, 1.82) is 0 Å². The van der Waals surface area contributed by atoms with Gasteiger partial charge < -0.3 is 15.5 Å². The van der Waals surface area contributed by atoms with E-state index in [9.17, 15) is 5.11 Å². The zero-order chi connectivity index (χ0) is 8.10. The number of hydrogen-bond donors (Lipinski definition) is 3. The number of aliphatic hydroxyl groups is 2. The first kappa shape index (κ1) is 9.32. The Balaban J connectivity index is 2.05. The minimum absolute atomic E-state index is 0.196. The number of nitrogens with one attached hydrogen (secondary N) is 1. The summed E-state index contributed by atoms with van der Waals surface area (Å²) in [5.41, 5.74) is 0. The van der Waals surface area contributed by atoms with E-state index >= 15 is 0 Å². The Kier molecular flexibility index (Phi) is 4.22. The van der Waals surface area contributed by atoms with E-state index in [1.54, 1.807) is 11.8 Å². The number of β-amino-alcohol motifs (C(OH)–C–C–N with tert-alkyl or cyclic N) is 1. The molecule has 2 unspecified atom stereocenters. The van der Waals surface area contributed by atoms with Gasteiger partial charge in [-0.2, -0.15) is 11.8 Å². The summed E-state index contributed by atoms with van der Waals surface area (Å²) >= 11 is 1.74. The molecule has 4 heteroatoms. The molecule has 0 saturated carbocycles. The minimum Gasteiger partial charge on any atom is -0.396 e. The number of rotatable bonds is 4. The number of thioether (sulfide) groups is 1. The second kappa shape index (κ2) is 4.98. The Hall–Kier alpha value is 0.230. The minimum atomic E-state index is -0.196. The summed E-state index contributed by atoms with van der Waals surface area (Å²) in [4.78, 5) is 0. The van der Waals surface area contributed by atoms with Crippen molar-refractivity contribution in [3.05, 3.63) is 0 Å². The van der Waals surface area contributed by atoms with E-state index in [0.717, 1.165) is 25.3 Å². The lowest BCUT2D eigenvalue weighted by Gasteiger charge is -2.11. The lowest BCUT2D eigenvalue weighted by atomic mass is 10.3. The topological polar surface area (TPSA) is 52.5 Å². The van der Waals surface area contributed by atoms with Gasteiger partial charge in [0.2, 0.25) is 0 Å². The Labute approximate surface area is 71.2 Å². The molecule has 1 heterocycles. The smallest absolute Gasteiger partial charge is 0.0795 e. The lowest BCUT2D eigenvalue weighted by Crippen LogP contribution is -2.20. The van der Waals surface area contributed by atoms with Gasteiger partial charge >= 0.3 is 0 Å². The van der Waals surface area contributed by atoms with Gasteiger partial charge in [0.1, 0.15) is 0 Å². The highest BCUT2D eigenvalue weighted by atomic mass is 32.2. The average molecular weight is 177 g/mol. The van der Waals surface area contributed by atoms with Gasteiger partial charge in [-0.05, 0) is 12.2 Å². The molecular weight excluding hydrogens is 162 g/mol. The van der Waals surface area contributed by atoms with Gasteiger partial charge in [-0.15, -0.1) is 0 Å². The van der Waals surface area contributed by atoms with Gasteiger partial charge in [-0.3, -0.25) is 0 Å². The summed E-state index contributed by atoms with van der Waals surface area (Å²) < 4.78 is 0. The van der Waals surface area contributed by atoms with E-state index in [-0.39, 0.29) is 12.7 Å². The number of hydrogen-bond acceptors (Lipinski definition) is 4. The van der Waals surface area contributed by atoms with Crippen molar-refractivity contribution in [2.24, 2.45) is 0 Å². The SMILES string of the molecule is OCCCSC1CNCC1O. The fraction of sp³-hybridized carbons (Fsp3) is 1.00. The molecule has 0 spiro atoms. The molecule has 0 radical (unpaired) electrons. The van der Waals surface area contributed by atoms with Crippen LogP contribution in [0.4, 0.5) is 0 Å². The largest absolute Gasteiger partial charge is 0.396 e. The molecule has 1 aliphatic heterocycles. The van der Waals surface area contributed by atoms with Crippen molar-refractivity contribution in [2.45, 2.75) is 17.8 Å². The van der Waals surface area contributed by atoms with Crippen molar-refractivity contribution in [2.75, 3.05) is 25.4 Å². The highest BCUT2D eigenvalue weighted by molar-refractivity contribution is 8.00. The number of aliphatic hydroxyl groups excluding tert-OH is 2. The van der Waals surface area contributed by atoms with Crippen LogP contribution in [0.25, 0.3) is 0 Å². The third kappa shape index (κ3) is 2.99. The molecule has 1 saturated heterocycles. The predicted molar refractivity (Wildman–Crippen MR) is 46.8 cm³/mol. The fourth-order valence-electron chi connectivity index (χ4n) is 1.11. The lowest BCUT2D eigenvalue weighted by molar-refractivity contribution is 0.201. The van der Waals surface area contributed by atoms with Crippen LogP contribution in [0.1, 0.15) is 6.42 Å². The molecule has 0 aromatic carbocycles. The quantitative estimate of drug-likeness (QED) is 0.504. The van der Waals surface area contributed by atoms with Crippen LogP contribution in [0.15, 0.2) is 0 Å². The van der Waals surface area contributed by atoms with E-state index in [2.05, 4.69) is 5.32 Å². The summed E-state index contributed by atoms with van der Waals surface area (Å²) in [5, 5.41) is 21.3. The van der Waals surface area contributed by atoms with Gasteiger partial charge in [0.15, 0.2) is 0 Å². The second-order valence-electron chi connectivity index (χ2n) is 2.71. The molecule has 1 aliphatic rings. The van der Waals surface area contributed by atoms with E-state index in [0.29, 0.717) is 5.25 Å². The summed E-state index contributed by atoms with van der Waals surface area (Å²) in [6.07, 6.45) is 0.632. The molecule has 3 nitrogen and oxygen atoms in total. The van der Waals surface area contributed by atoms with Crippen LogP contribution >= 0.6 is 11.8 Å². The van der Waals surface area contributed by atoms with E-state index in [1.807, 2.05) is 0 Å². The molecule has 0 amide bonds. The normalized spacial score (nSPS) is 31.1. The summed E-state index contributed by atoms with van der Waals surface area (Å²) in [7, 11) is 0. The van der Waals surface area contributed by atoms with Gasteiger partial charge in [0, 0.05) is 24.9 Å². The van der Waals surface area contributed by atoms with Gasteiger partial charge in [0.25, 0.3) is 0 Å². The summed E-state index contributed by atoms with van der Waals surface area (Å²) in [6.45, 7) is 1.87. The highest BCUT2D eigenvalue weighted by Crippen LogP contribution is 2.18. The molecular formula is C7H15NO2S. The average Bonchev–Trinajstić information content (AvgIpc) is 2.37. The van der Waals surface area contributed by atoms with Crippen LogP contribution in [-0.4, -0.2) is 47.0 Å². The second-order valence-corrected chi connectivity index (χ2v) is 4.06. The maximum atomic E-state index is 9.34. The Bertz CT molecular complexity index is 113. The van der Waals surface area contributed by atoms with Crippen LogP contribution in [0.5, 0.6) is 0 Å². The molecule has 0 aromatic heterocycles. The monoisotopic (exact) mass is 177 g/mol. The maximum Gasteiger partial charge on any atom is 0.0795 e. The third-order valence-electron chi connectivity index (χ3n) is 1.76. The highest BCUT2D eigenvalue weighted by Gasteiger charge is 2.24. The first-order valence-electron chi connectivity index (χ1n) is 3.96. The molecule has 0 aliphatic carbocycles. The zero-order valence-electron chi connectivity index (χ0n) is 6.49. The van der Waals surface area contributed by atoms with Crippen molar-refractivity contribution in [1.82, 2.24) is 5.32 Å². The predicted octanol–water partition coefficient (Wildman–Crippen LogP) is -0.565. The maximum absolute atomic E-state index is 9.34. The van der Waals surface area contributed by atoms with Gasteiger partial charge in [-0.25, -0.2) is 0 Å². The van der Waals surface area contributed by atoms with E-state index < -0.39 is 0 Å². The Morgan fingerprint density at radius 2 is 2.27 bits per heavy atom.